The van der Waals surface area contributed by atoms with Crippen molar-refractivity contribution in [2.24, 2.45) is 0 Å². The summed E-state index contributed by atoms with van der Waals surface area (Å²) < 4.78 is 7.54. The van der Waals surface area contributed by atoms with Gasteiger partial charge in [-0.3, -0.25) is 9.59 Å². The highest BCUT2D eigenvalue weighted by molar-refractivity contribution is 9.10. The number of rotatable bonds is 3. The number of hydrogen-bond acceptors (Lipinski definition) is 5. The van der Waals surface area contributed by atoms with Crippen molar-refractivity contribution in [1.82, 2.24) is 4.98 Å². The number of thiazole rings is 1. The van der Waals surface area contributed by atoms with E-state index in [0.717, 1.165) is 14.7 Å². The molecule has 3 aromatic rings. The molecule has 4 rings (SSSR count). The number of halogens is 1. The largest absolute Gasteiger partial charge is 0.481 e. The summed E-state index contributed by atoms with van der Waals surface area (Å²) in [7, 11) is 0. The third kappa shape index (κ3) is 2.65. The molecule has 8 heteroatoms. The van der Waals surface area contributed by atoms with E-state index in [1.54, 1.807) is 24.3 Å². The zero-order valence-electron chi connectivity index (χ0n) is 13.6. The lowest BCUT2D eigenvalue weighted by Gasteiger charge is -2.38. The average molecular weight is 433 g/mol. The van der Waals surface area contributed by atoms with E-state index in [1.807, 2.05) is 18.2 Å². The number of anilines is 2. The van der Waals surface area contributed by atoms with Crippen molar-refractivity contribution in [3.05, 3.63) is 46.9 Å². The summed E-state index contributed by atoms with van der Waals surface area (Å²) in [5, 5.41) is 9.71. The number of carboxylic acids is 1. The molecule has 1 N–H and O–H groups in total. The van der Waals surface area contributed by atoms with Crippen LogP contribution in [0.5, 0.6) is 5.75 Å². The van der Waals surface area contributed by atoms with Crippen molar-refractivity contribution in [2.45, 2.75) is 18.9 Å². The molecular formula is C18H13BrN2O4S. The average Bonchev–Trinajstić information content (AvgIpc) is 3.00. The minimum absolute atomic E-state index is 0.439. The summed E-state index contributed by atoms with van der Waals surface area (Å²) in [6.45, 7) is 1.50. The lowest BCUT2D eigenvalue weighted by molar-refractivity contribution is -0.148. The SMILES string of the molecule is CC1(CC(=O)O)Oc2ccccc2N(c2nc3c(Br)cccc3s2)C1=O. The molecule has 1 aliphatic rings. The lowest BCUT2D eigenvalue weighted by atomic mass is 9.97. The highest BCUT2D eigenvalue weighted by Gasteiger charge is 2.47. The molecule has 26 heavy (non-hydrogen) atoms. The number of benzene rings is 2. The van der Waals surface area contributed by atoms with E-state index in [1.165, 1.54) is 23.2 Å². The summed E-state index contributed by atoms with van der Waals surface area (Å²) in [5.41, 5.74) is -0.199. The molecule has 2 aromatic carbocycles. The maximum atomic E-state index is 13.2. The van der Waals surface area contributed by atoms with Crippen LogP contribution in [0.3, 0.4) is 0 Å². The number of hydrogen-bond donors (Lipinski definition) is 1. The number of nitrogens with zero attached hydrogens (tertiary/aromatic N) is 2. The van der Waals surface area contributed by atoms with Crippen LogP contribution < -0.4 is 9.64 Å². The standard InChI is InChI=1S/C18H13BrN2O4S/c1-18(9-14(22)23)16(24)21(11-6-2-3-7-12(11)25-18)17-20-15-10(19)5-4-8-13(15)26-17/h2-8H,9H2,1H3,(H,22,23). The van der Waals surface area contributed by atoms with Gasteiger partial charge in [0.05, 0.1) is 22.3 Å². The van der Waals surface area contributed by atoms with Crippen LogP contribution in [0.1, 0.15) is 13.3 Å². The van der Waals surface area contributed by atoms with Crippen molar-refractivity contribution < 1.29 is 19.4 Å². The van der Waals surface area contributed by atoms with Gasteiger partial charge in [-0.2, -0.15) is 0 Å². The van der Waals surface area contributed by atoms with Crippen molar-refractivity contribution in [1.29, 1.82) is 0 Å². The molecular weight excluding hydrogens is 420 g/mol. The zero-order valence-corrected chi connectivity index (χ0v) is 16.0. The fourth-order valence-corrected chi connectivity index (χ4v) is 4.54. The predicted octanol–water partition coefficient (Wildman–Crippen LogP) is 4.35. The number of carbonyl (C=O) groups excluding carboxylic acids is 1. The van der Waals surface area contributed by atoms with Gasteiger partial charge in [-0.25, -0.2) is 9.88 Å². The molecule has 0 aliphatic carbocycles. The summed E-state index contributed by atoms with van der Waals surface area (Å²) in [6.07, 6.45) is -0.439. The Morgan fingerprint density at radius 1 is 1.31 bits per heavy atom. The minimum Gasteiger partial charge on any atom is -0.481 e. The van der Waals surface area contributed by atoms with Crippen LogP contribution in [0, 0.1) is 0 Å². The summed E-state index contributed by atoms with van der Waals surface area (Å²) in [6, 6.07) is 12.8. The molecule has 1 amide bonds. The molecule has 0 radical (unpaired) electrons. The van der Waals surface area contributed by atoms with E-state index in [0.29, 0.717) is 16.6 Å². The molecule has 1 aromatic heterocycles. The van der Waals surface area contributed by atoms with E-state index in [4.69, 9.17) is 4.74 Å². The van der Waals surface area contributed by atoms with E-state index in [9.17, 15) is 14.7 Å². The van der Waals surface area contributed by atoms with E-state index in [2.05, 4.69) is 20.9 Å². The first-order valence-corrected chi connectivity index (χ1v) is 9.39. The third-order valence-corrected chi connectivity index (χ3v) is 5.78. The summed E-state index contributed by atoms with van der Waals surface area (Å²) >= 11 is 4.84. The van der Waals surface area contributed by atoms with Crippen LogP contribution >= 0.6 is 27.3 Å². The second-order valence-electron chi connectivity index (χ2n) is 6.09. The van der Waals surface area contributed by atoms with Gasteiger partial charge in [-0.05, 0) is 47.1 Å². The molecule has 0 bridgehead atoms. The number of aromatic nitrogens is 1. The van der Waals surface area contributed by atoms with Crippen molar-refractivity contribution in [3.8, 4) is 5.75 Å². The van der Waals surface area contributed by atoms with E-state index < -0.39 is 23.9 Å². The van der Waals surface area contributed by atoms with Crippen LogP contribution in [-0.4, -0.2) is 27.6 Å². The van der Waals surface area contributed by atoms with E-state index in [-0.39, 0.29) is 0 Å². The van der Waals surface area contributed by atoms with Gasteiger partial charge in [0.2, 0.25) is 0 Å². The van der Waals surface area contributed by atoms with Gasteiger partial charge in [-0.1, -0.05) is 29.5 Å². The molecule has 0 fully saturated rings. The Balaban J connectivity index is 1.90. The first-order chi connectivity index (χ1) is 12.4. The fourth-order valence-electron chi connectivity index (χ4n) is 2.95. The van der Waals surface area contributed by atoms with Gasteiger partial charge >= 0.3 is 5.97 Å². The number of fused-ring (bicyclic) bond motifs is 2. The Hall–Kier alpha value is -2.45. The van der Waals surface area contributed by atoms with Crippen LogP contribution in [0.2, 0.25) is 0 Å². The Morgan fingerprint density at radius 2 is 2.08 bits per heavy atom. The highest BCUT2D eigenvalue weighted by Crippen LogP contribution is 2.45. The predicted molar refractivity (Wildman–Crippen MR) is 102 cm³/mol. The molecule has 2 heterocycles. The second kappa shape index (κ2) is 6.07. The zero-order chi connectivity index (χ0) is 18.5. The van der Waals surface area contributed by atoms with Gasteiger partial charge in [0.25, 0.3) is 5.91 Å². The van der Waals surface area contributed by atoms with Crippen molar-refractivity contribution >= 4 is 60.2 Å². The Kier molecular flexibility index (Phi) is 3.96. The molecule has 132 valence electrons. The van der Waals surface area contributed by atoms with Crippen molar-refractivity contribution in [2.75, 3.05) is 4.90 Å². The van der Waals surface area contributed by atoms with E-state index >= 15 is 0 Å². The van der Waals surface area contributed by atoms with Gasteiger partial charge in [0.15, 0.2) is 10.7 Å². The van der Waals surface area contributed by atoms with Crippen LogP contribution in [0.25, 0.3) is 10.2 Å². The molecule has 0 saturated heterocycles. The molecule has 1 atom stereocenters. The van der Waals surface area contributed by atoms with Crippen LogP contribution in [0.15, 0.2) is 46.9 Å². The molecule has 1 aliphatic heterocycles. The number of para-hydroxylation sites is 3. The summed E-state index contributed by atoms with van der Waals surface area (Å²) in [5.74, 6) is -1.10. The van der Waals surface area contributed by atoms with Gasteiger partial charge < -0.3 is 9.84 Å². The number of amides is 1. The maximum absolute atomic E-state index is 13.2. The maximum Gasteiger partial charge on any atom is 0.307 e. The topological polar surface area (TPSA) is 79.7 Å². The van der Waals surface area contributed by atoms with Crippen LogP contribution in [-0.2, 0) is 9.59 Å². The van der Waals surface area contributed by atoms with Gasteiger partial charge in [-0.15, -0.1) is 0 Å². The number of ether oxygens (including phenoxy) is 1. The fraction of sp³-hybridized carbons (Fsp3) is 0.167. The number of carboxylic acid groups (broad SMARTS) is 1. The molecule has 0 spiro atoms. The minimum atomic E-state index is -1.50. The normalized spacial score (nSPS) is 19.3. The first kappa shape index (κ1) is 17.0. The van der Waals surface area contributed by atoms with Crippen molar-refractivity contribution in [3.63, 3.8) is 0 Å². The van der Waals surface area contributed by atoms with Crippen LogP contribution in [0.4, 0.5) is 10.8 Å². The highest BCUT2D eigenvalue weighted by atomic mass is 79.9. The second-order valence-corrected chi connectivity index (χ2v) is 7.96. The van der Waals surface area contributed by atoms with Gasteiger partial charge in [0.1, 0.15) is 5.75 Å². The number of aliphatic carboxylic acids is 1. The van der Waals surface area contributed by atoms with Gasteiger partial charge in [0, 0.05) is 4.47 Å². The first-order valence-electron chi connectivity index (χ1n) is 7.78. The molecule has 6 nitrogen and oxygen atoms in total. The number of carbonyl (C=O) groups is 2. The Labute approximate surface area is 161 Å². The quantitative estimate of drug-likeness (QED) is 0.665. The summed E-state index contributed by atoms with van der Waals surface area (Å²) in [4.78, 5) is 30.6. The Morgan fingerprint density at radius 3 is 2.81 bits per heavy atom. The smallest absolute Gasteiger partial charge is 0.307 e. The molecule has 1 unspecified atom stereocenters. The monoisotopic (exact) mass is 432 g/mol. The molecule has 0 saturated carbocycles. The third-order valence-electron chi connectivity index (χ3n) is 4.14. The Bertz CT molecular complexity index is 1050. The lowest BCUT2D eigenvalue weighted by Crippen LogP contribution is -2.53.